The van der Waals surface area contributed by atoms with Crippen LogP contribution in [0, 0.1) is 13.8 Å². The third-order valence-electron chi connectivity index (χ3n) is 2.19. The van der Waals surface area contributed by atoms with Crippen LogP contribution < -0.4 is 0 Å². The number of aryl methyl sites for hydroxylation is 3. The fourth-order valence-electron chi connectivity index (χ4n) is 1.50. The van der Waals surface area contributed by atoms with Crippen LogP contribution in [0.5, 0.6) is 0 Å². The van der Waals surface area contributed by atoms with Crippen LogP contribution in [0.4, 0.5) is 0 Å². The molecular weight excluding hydrogens is 148 g/mol. The van der Waals surface area contributed by atoms with Gasteiger partial charge in [-0.15, -0.1) is 0 Å². The first-order valence-corrected chi connectivity index (χ1v) is 4.80. The van der Waals surface area contributed by atoms with Crippen LogP contribution in [-0.2, 0) is 6.42 Å². The predicted molar refractivity (Wildman–Crippen MR) is 51.4 cm³/mol. The zero-order chi connectivity index (χ0) is 8.97. The van der Waals surface area contributed by atoms with E-state index < -0.39 is 0 Å². The van der Waals surface area contributed by atoms with Gasteiger partial charge in [0.05, 0.1) is 0 Å². The summed E-state index contributed by atoms with van der Waals surface area (Å²) in [5, 5.41) is 0. The number of furan rings is 1. The molecule has 0 radical (unpaired) electrons. The SMILES string of the molecule is CCCCCc1cc(C)oc1C. The molecule has 0 aliphatic rings. The van der Waals surface area contributed by atoms with E-state index in [9.17, 15) is 0 Å². The Balaban J connectivity index is 2.45. The second-order valence-electron chi connectivity index (χ2n) is 3.40. The first kappa shape index (κ1) is 9.37. The van der Waals surface area contributed by atoms with Gasteiger partial charge in [0, 0.05) is 0 Å². The van der Waals surface area contributed by atoms with E-state index in [4.69, 9.17) is 4.42 Å². The van der Waals surface area contributed by atoms with Crippen molar-refractivity contribution in [2.75, 3.05) is 0 Å². The van der Waals surface area contributed by atoms with Crippen LogP contribution >= 0.6 is 0 Å². The molecule has 0 atom stereocenters. The molecule has 12 heavy (non-hydrogen) atoms. The fraction of sp³-hybridized carbons (Fsp3) is 0.636. The van der Waals surface area contributed by atoms with Crippen LogP contribution in [0.1, 0.15) is 43.3 Å². The highest BCUT2D eigenvalue weighted by molar-refractivity contribution is 5.19. The lowest BCUT2D eigenvalue weighted by Gasteiger charge is -1.96. The lowest BCUT2D eigenvalue weighted by molar-refractivity contribution is 0.500. The molecule has 1 nitrogen and oxygen atoms in total. The average molecular weight is 166 g/mol. The molecule has 0 spiro atoms. The molecule has 1 heterocycles. The van der Waals surface area contributed by atoms with Crippen molar-refractivity contribution in [3.63, 3.8) is 0 Å². The van der Waals surface area contributed by atoms with Gasteiger partial charge in [-0.05, 0) is 38.3 Å². The van der Waals surface area contributed by atoms with E-state index in [1.807, 2.05) is 13.8 Å². The summed E-state index contributed by atoms with van der Waals surface area (Å²) in [5.74, 6) is 2.14. The molecular formula is C11H18O. The van der Waals surface area contributed by atoms with Gasteiger partial charge >= 0.3 is 0 Å². The molecule has 1 aromatic heterocycles. The Hall–Kier alpha value is -0.720. The molecule has 0 aliphatic carbocycles. The molecule has 0 aliphatic heterocycles. The molecule has 1 heteroatoms. The van der Waals surface area contributed by atoms with Crippen LogP contribution in [0.2, 0.25) is 0 Å². The molecule has 0 N–H and O–H groups in total. The summed E-state index contributed by atoms with van der Waals surface area (Å²) in [6.45, 7) is 6.29. The molecule has 1 rings (SSSR count). The van der Waals surface area contributed by atoms with E-state index >= 15 is 0 Å². The summed E-state index contributed by atoms with van der Waals surface area (Å²) in [6, 6.07) is 2.16. The van der Waals surface area contributed by atoms with E-state index in [0.717, 1.165) is 11.5 Å². The van der Waals surface area contributed by atoms with Crippen molar-refractivity contribution in [3.8, 4) is 0 Å². The number of hydrogen-bond donors (Lipinski definition) is 0. The lowest BCUT2D eigenvalue weighted by Crippen LogP contribution is -1.84. The van der Waals surface area contributed by atoms with Crippen molar-refractivity contribution in [2.45, 2.75) is 46.5 Å². The van der Waals surface area contributed by atoms with Gasteiger partial charge in [-0.25, -0.2) is 0 Å². The molecule has 0 saturated heterocycles. The Bertz CT molecular complexity index is 235. The van der Waals surface area contributed by atoms with Gasteiger partial charge in [0.25, 0.3) is 0 Å². The van der Waals surface area contributed by atoms with E-state index in [0.29, 0.717) is 0 Å². The monoisotopic (exact) mass is 166 g/mol. The number of unbranched alkanes of at least 4 members (excludes halogenated alkanes) is 2. The van der Waals surface area contributed by atoms with Crippen LogP contribution in [0.25, 0.3) is 0 Å². The largest absolute Gasteiger partial charge is 0.466 e. The van der Waals surface area contributed by atoms with Gasteiger partial charge in [0.1, 0.15) is 11.5 Å². The Kier molecular flexibility index (Phi) is 3.39. The van der Waals surface area contributed by atoms with Gasteiger partial charge in [0.15, 0.2) is 0 Å². The quantitative estimate of drug-likeness (QED) is 0.622. The van der Waals surface area contributed by atoms with Crippen molar-refractivity contribution < 1.29 is 4.42 Å². The summed E-state index contributed by atoms with van der Waals surface area (Å²) in [4.78, 5) is 0. The van der Waals surface area contributed by atoms with Crippen LogP contribution in [0.15, 0.2) is 10.5 Å². The van der Waals surface area contributed by atoms with Gasteiger partial charge in [0.2, 0.25) is 0 Å². The first-order valence-electron chi connectivity index (χ1n) is 4.80. The van der Waals surface area contributed by atoms with Crippen molar-refractivity contribution in [3.05, 3.63) is 23.2 Å². The maximum Gasteiger partial charge on any atom is 0.104 e. The molecule has 0 aromatic carbocycles. The number of rotatable bonds is 4. The minimum atomic E-state index is 1.04. The van der Waals surface area contributed by atoms with Gasteiger partial charge in [-0.3, -0.25) is 0 Å². The predicted octanol–water partition coefficient (Wildman–Crippen LogP) is 3.63. The van der Waals surface area contributed by atoms with E-state index in [1.165, 1.54) is 31.2 Å². The molecule has 68 valence electrons. The lowest BCUT2D eigenvalue weighted by atomic mass is 10.1. The third-order valence-corrected chi connectivity index (χ3v) is 2.19. The summed E-state index contributed by atoms with van der Waals surface area (Å²) in [5.41, 5.74) is 1.39. The van der Waals surface area contributed by atoms with Gasteiger partial charge in [-0.2, -0.15) is 0 Å². The first-order chi connectivity index (χ1) is 5.74. The van der Waals surface area contributed by atoms with Crippen molar-refractivity contribution in [1.29, 1.82) is 0 Å². The highest BCUT2D eigenvalue weighted by Gasteiger charge is 2.02. The maximum absolute atomic E-state index is 5.45. The third kappa shape index (κ3) is 2.40. The molecule has 0 bridgehead atoms. The average Bonchev–Trinajstić information content (AvgIpc) is 2.31. The Morgan fingerprint density at radius 1 is 1.25 bits per heavy atom. The fourth-order valence-corrected chi connectivity index (χ4v) is 1.50. The molecule has 0 unspecified atom stereocenters. The van der Waals surface area contributed by atoms with E-state index in [1.54, 1.807) is 0 Å². The van der Waals surface area contributed by atoms with E-state index in [2.05, 4.69) is 13.0 Å². The summed E-state index contributed by atoms with van der Waals surface area (Å²) >= 11 is 0. The normalized spacial score (nSPS) is 10.6. The van der Waals surface area contributed by atoms with Gasteiger partial charge < -0.3 is 4.42 Å². The zero-order valence-corrected chi connectivity index (χ0v) is 8.31. The minimum absolute atomic E-state index is 1.04. The Morgan fingerprint density at radius 2 is 2.00 bits per heavy atom. The topological polar surface area (TPSA) is 13.1 Å². The maximum atomic E-state index is 5.45. The van der Waals surface area contributed by atoms with Crippen LogP contribution in [-0.4, -0.2) is 0 Å². The van der Waals surface area contributed by atoms with Crippen molar-refractivity contribution >= 4 is 0 Å². The molecule has 0 amide bonds. The second-order valence-corrected chi connectivity index (χ2v) is 3.40. The Morgan fingerprint density at radius 3 is 2.50 bits per heavy atom. The van der Waals surface area contributed by atoms with Crippen LogP contribution in [0.3, 0.4) is 0 Å². The van der Waals surface area contributed by atoms with Crippen molar-refractivity contribution in [2.24, 2.45) is 0 Å². The molecule has 0 fully saturated rings. The summed E-state index contributed by atoms with van der Waals surface area (Å²) in [7, 11) is 0. The van der Waals surface area contributed by atoms with Gasteiger partial charge in [-0.1, -0.05) is 19.8 Å². The summed E-state index contributed by atoms with van der Waals surface area (Å²) < 4.78 is 5.45. The summed E-state index contributed by atoms with van der Waals surface area (Å²) in [6.07, 6.45) is 5.08. The highest BCUT2D eigenvalue weighted by atomic mass is 16.3. The molecule has 1 aromatic rings. The standard InChI is InChI=1S/C11H18O/c1-4-5-6-7-11-8-9(2)12-10(11)3/h8H,4-7H2,1-3H3. The van der Waals surface area contributed by atoms with E-state index in [-0.39, 0.29) is 0 Å². The highest BCUT2D eigenvalue weighted by Crippen LogP contribution is 2.16. The smallest absolute Gasteiger partial charge is 0.104 e. The zero-order valence-electron chi connectivity index (χ0n) is 8.31. The molecule has 0 saturated carbocycles. The Labute approximate surface area is 74.8 Å². The van der Waals surface area contributed by atoms with Crippen molar-refractivity contribution in [1.82, 2.24) is 0 Å². The number of hydrogen-bond acceptors (Lipinski definition) is 1. The minimum Gasteiger partial charge on any atom is -0.466 e. The second kappa shape index (κ2) is 4.34.